The van der Waals surface area contributed by atoms with Crippen LogP contribution in [0, 0.1) is 11.6 Å². The predicted molar refractivity (Wildman–Crippen MR) is 48.8 cm³/mol. The molecule has 0 fully saturated rings. The van der Waals surface area contributed by atoms with E-state index in [1.807, 2.05) is 0 Å². The van der Waals surface area contributed by atoms with E-state index in [-0.39, 0.29) is 5.56 Å². The largest absolute Gasteiger partial charge is 0.305 e. The van der Waals surface area contributed by atoms with E-state index in [1.165, 1.54) is 6.92 Å². The van der Waals surface area contributed by atoms with Crippen LogP contribution in [0.15, 0.2) is 18.2 Å². The molecule has 0 saturated carbocycles. The van der Waals surface area contributed by atoms with Crippen molar-refractivity contribution in [1.82, 2.24) is 5.32 Å². The number of alkyl halides is 2. The first kappa shape index (κ1) is 12.0. The van der Waals surface area contributed by atoms with Crippen molar-refractivity contribution in [3.05, 3.63) is 35.4 Å². The number of benzene rings is 1. The average Bonchev–Trinajstić information content (AvgIpc) is 2.18. The molecule has 0 radical (unpaired) electrons. The summed E-state index contributed by atoms with van der Waals surface area (Å²) in [5.74, 6) is -1.19. The van der Waals surface area contributed by atoms with E-state index < -0.39 is 30.6 Å². The number of hydrogen-bond donors (Lipinski definition) is 1. The standard InChI is InChI=1S/C10H11F4N/c1-6(15-5-10(13)14)8-4-7(11)2-3-9(8)12/h2-4,6,10,15H,5H2,1H3. The zero-order valence-electron chi connectivity index (χ0n) is 8.11. The molecule has 1 atom stereocenters. The van der Waals surface area contributed by atoms with Crippen LogP contribution in [-0.2, 0) is 0 Å². The Morgan fingerprint density at radius 1 is 1.27 bits per heavy atom. The van der Waals surface area contributed by atoms with E-state index in [2.05, 4.69) is 5.32 Å². The third-order valence-electron chi connectivity index (χ3n) is 2.00. The summed E-state index contributed by atoms with van der Waals surface area (Å²) in [5.41, 5.74) is 0.0515. The third kappa shape index (κ3) is 3.51. The molecule has 1 aromatic rings. The molecular weight excluding hydrogens is 210 g/mol. The van der Waals surface area contributed by atoms with Crippen LogP contribution in [0.5, 0.6) is 0 Å². The van der Waals surface area contributed by atoms with Crippen LogP contribution >= 0.6 is 0 Å². The molecule has 0 bridgehead atoms. The van der Waals surface area contributed by atoms with Crippen LogP contribution < -0.4 is 5.32 Å². The molecule has 84 valence electrons. The van der Waals surface area contributed by atoms with Crippen molar-refractivity contribution in [2.75, 3.05) is 6.54 Å². The van der Waals surface area contributed by atoms with Gasteiger partial charge in [-0.05, 0) is 25.1 Å². The van der Waals surface area contributed by atoms with E-state index >= 15 is 0 Å². The Morgan fingerprint density at radius 2 is 1.93 bits per heavy atom. The summed E-state index contributed by atoms with van der Waals surface area (Å²) < 4.78 is 49.6. The first-order chi connectivity index (χ1) is 7.00. The highest BCUT2D eigenvalue weighted by molar-refractivity contribution is 5.21. The van der Waals surface area contributed by atoms with Gasteiger partial charge in [0.1, 0.15) is 11.6 Å². The maximum atomic E-state index is 13.2. The van der Waals surface area contributed by atoms with E-state index in [4.69, 9.17) is 0 Å². The smallest absolute Gasteiger partial charge is 0.250 e. The Balaban J connectivity index is 2.72. The fourth-order valence-electron chi connectivity index (χ4n) is 1.22. The van der Waals surface area contributed by atoms with Crippen LogP contribution in [0.3, 0.4) is 0 Å². The van der Waals surface area contributed by atoms with Gasteiger partial charge in [0.2, 0.25) is 0 Å². The van der Waals surface area contributed by atoms with Crippen LogP contribution in [0.2, 0.25) is 0 Å². The van der Waals surface area contributed by atoms with Gasteiger partial charge in [-0.15, -0.1) is 0 Å². The van der Waals surface area contributed by atoms with Crippen LogP contribution in [0.25, 0.3) is 0 Å². The summed E-state index contributed by atoms with van der Waals surface area (Å²) in [5, 5.41) is 2.41. The van der Waals surface area contributed by atoms with Crippen LogP contribution in [0.4, 0.5) is 17.6 Å². The number of nitrogens with one attached hydrogen (secondary N) is 1. The number of halogens is 4. The fourth-order valence-corrected chi connectivity index (χ4v) is 1.22. The topological polar surface area (TPSA) is 12.0 Å². The summed E-state index contributed by atoms with van der Waals surface area (Å²) in [6.45, 7) is 0.956. The summed E-state index contributed by atoms with van der Waals surface area (Å²) in [6.07, 6.45) is -2.51. The second kappa shape index (κ2) is 5.11. The van der Waals surface area contributed by atoms with Crippen molar-refractivity contribution in [3.63, 3.8) is 0 Å². The molecular formula is C10H11F4N. The lowest BCUT2D eigenvalue weighted by Gasteiger charge is -2.14. The van der Waals surface area contributed by atoms with Gasteiger partial charge in [0.05, 0.1) is 6.54 Å². The van der Waals surface area contributed by atoms with E-state index in [0.717, 1.165) is 18.2 Å². The molecule has 0 amide bonds. The van der Waals surface area contributed by atoms with Gasteiger partial charge in [-0.2, -0.15) is 0 Å². The highest BCUT2D eigenvalue weighted by Gasteiger charge is 2.13. The summed E-state index contributed by atoms with van der Waals surface area (Å²) in [6, 6.07) is 2.32. The van der Waals surface area contributed by atoms with E-state index in [1.54, 1.807) is 0 Å². The van der Waals surface area contributed by atoms with Gasteiger partial charge >= 0.3 is 0 Å². The number of hydrogen-bond acceptors (Lipinski definition) is 1. The maximum absolute atomic E-state index is 13.2. The van der Waals surface area contributed by atoms with Crippen molar-refractivity contribution in [1.29, 1.82) is 0 Å². The lowest BCUT2D eigenvalue weighted by molar-refractivity contribution is 0.142. The molecule has 5 heteroatoms. The lowest BCUT2D eigenvalue weighted by Crippen LogP contribution is -2.25. The minimum atomic E-state index is -2.51. The molecule has 0 heterocycles. The van der Waals surface area contributed by atoms with Gasteiger partial charge in [0.15, 0.2) is 0 Å². The highest BCUT2D eigenvalue weighted by atomic mass is 19.3. The summed E-state index contributed by atoms with van der Waals surface area (Å²) in [7, 11) is 0. The van der Waals surface area contributed by atoms with Crippen molar-refractivity contribution < 1.29 is 17.6 Å². The Bertz CT molecular complexity index is 327. The molecule has 0 saturated heterocycles. The zero-order chi connectivity index (χ0) is 11.4. The Hall–Kier alpha value is -1.10. The first-order valence-electron chi connectivity index (χ1n) is 4.47. The van der Waals surface area contributed by atoms with E-state index in [0.29, 0.717) is 0 Å². The lowest BCUT2D eigenvalue weighted by atomic mass is 10.1. The van der Waals surface area contributed by atoms with Gasteiger partial charge in [0.25, 0.3) is 6.43 Å². The molecule has 0 aliphatic rings. The maximum Gasteiger partial charge on any atom is 0.250 e. The highest BCUT2D eigenvalue weighted by Crippen LogP contribution is 2.17. The minimum absolute atomic E-state index is 0.0515. The van der Waals surface area contributed by atoms with Gasteiger partial charge in [-0.1, -0.05) is 0 Å². The van der Waals surface area contributed by atoms with Crippen molar-refractivity contribution >= 4 is 0 Å². The monoisotopic (exact) mass is 221 g/mol. The SMILES string of the molecule is CC(NCC(F)F)c1cc(F)ccc1F. The van der Waals surface area contributed by atoms with Crippen LogP contribution in [-0.4, -0.2) is 13.0 Å². The third-order valence-corrected chi connectivity index (χ3v) is 2.00. The van der Waals surface area contributed by atoms with Crippen LogP contribution in [0.1, 0.15) is 18.5 Å². The molecule has 1 rings (SSSR count). The van der Waals surface area contributed by atoms with Gasteiger partial charge in [-0.25, -0.2) is 17.6 Å². The normalized spacial score (nSPS) is 13.2. The first-order valence-corrected chi connectivity index (χ1v) is 4.47. The quantitative estimate of drug-likeness (QED) is 0.771. The fraction of sp³-hybridized carbons (Fsp3) is 0.400. The second-order valence-electron chi connectivity index (χ2n) is 3.19. The van der Waals surface area contributed by atoms with Crippen molar-refractivity contribution in [2.45, 2.75) is 19.4 Å². The van der Waals surface area contributed by atoms with Crippen molar-refractivity contribution in [3.8, 4) is 0 Å². The van der Waals surface area contributed by atoms with Crippen molar-refractivity contribution in [2.24, 2.45) is 0 Å². The average molecular weight is 221 g/mol. The Kier molecular flexibility index (Phi) is 4.08. The number of rotatable bonds is 4. The molecule has 0 aliphatic heterocycles. The molecule has 0 aliphatic carbocycles. The molecule has 1 aromatic carbocycles. The Morgan fingerprint density at radius 3 is 2.53 bits per heavy atom. The summed E-state index contributed by atoms with van der Waals surface area (Å²) >= 11 is 0. The van der Waals surface area contributed by atoms with Gasteiger partial charge in [-0.3, -0.25) is 0 Å². The predicted octanol–water partition coefficient (Wildman–Crippen LogP) is 2.88. The molecule has 1 nitrogen and oxygen atoms in total. The summed E-state index contributed by atoms with van der Waals surface area (Å²) in [4.78, 5) is 0. The molecule has 1 N–H and O–H groups in total. The second-order valence-corrected chi connectivity index (χ2v) is 3.19. The van der Waals surface area contributed by atoms with Gasteiger partial charge < -0.3 is 5.32 Å². The van der Waals surface area contributed by atoms with Gasteiger partial charge in [0, 0.05) is 11.6 Å². The Labute approximate surface area is 85.1 Å². The molecule has 0 spiro atoms. The van der Waals surface area contributed by atoms with E-state index in [9.17, 15) is 17.6 Å². The molecule has 1 unspecified atom stereocenters. The molecule has 0 aromatic heterocycles. The molecule has 15 heavy (non-hydrogen) atoms. The zero-order valence-corrected chi connectivity index (χ0v) is 8.11. The minimum Gasteiger partial charge on any atom is -0.305 e.